The van der Waals surface area contributed by atoms with Gasteiger partial charge in [0.05, 0.1) is 17.5 Å². The molecule has 4 N–H and O–H groups in total. The number of amides is 2. The van der Waals surface area contributed by atoms with Gasteiger partial charge >= 0.3 is 0 Å². The summed E-state index contributed by atoms with van der Waals surface area (Å²) in [6.07, 6.45) is 6.20. The van der Waals surface area contributed by atoms with E-state index in [9.17, 15) is 14.4 Å². The van der Waals surface area contributed by atoms with E-state index >= 15 is 0 Å². The van der Waals surface area contributed by atoms with Gasteiger partial charge in [0, 0.05) is 30.6 Å². The Morgan fingerprint density at radius 1 is 1.19 bits per heavy atom. The Kier molecular flexibility index (Phi) is 4.93. The fourth-order valence-corrected chi connectivity index (χ4v) is 2.53. The molecule has 1 atom stereocenters. The number of hydrogen-bond donors (Lipinski definition) is 3. The molecule has 3 rings (SSSR count). The van der Waals surface area contributed by atoms with E-state index in [1.807, 2.05) is 0 Å². The van der Waals surface area contributed by atoms with Crippen LogP contribution in [0.3, 0.4) is 0 Å². The highest BCUT2D eigenvalue weighted by atomic mass is 16.3. The number of aromatic amines is 1. The summed E-state index contributed by atoms with van der Waals surface area (Å²) >= 11 is 0. The van der Waals surface area contributed by atoms with Crippen LogP contribution in [-0.2, 0) is 16.0 Å². The predicted octanol–water partition coefficient (Wildman–Crippen LogP) is 1.07. The smallest absolute Gasteiger partial charge is 0.287 e. The topological polar surface area (TPSA) is 131 Å². The first kappa shape index (κ1) is 17.2. The third-order valence-electron chi connectivity index (χ3n) is 3.78. The first-order valence-corrected chi connectivity index (χ1v) is 7.81. The van der Waals surface area contributed by atoms with Gasteiger partial charge in [0.25, 0.3) is 11.8 Å². The van der Waals surface area contributed by atoms with E-state index in [2.05, 4.69) is 15.3 Å². The van der Waals surface area contributed by atoms with E-state index < -0.39 is 23.6 Å². The summed E-state index contributed by atoms with van der Waals surface area (Å²) in [5.41, 5.74) is 6.57. The van der Waals surface area contributed by atoms with Gasteiger partial charge < -0.3 is 20.5 Å². The molecule has 3 aromatic heterocycles. The molecular weight excluding hydrogens is 336 g/mol. The van der Waals surface area contributed by atoms with Crippen LogP contribution in [0, 0.1) is 0 Å². The maximum absolute atomic E-state index is 12.7. The monoisotopic (exact) mass is 352 g/mol. The molecule has 0 fully saturated rings. The molecule has 8 nitrogen and oxygen atoms in total. The molecule has 132 valence electrons. The molecule has 0 aromatic carbocycles. The van der Waals surface area contributed by atoms with Crippen LogP contribution in [-0.4, -0.2) is 33.6 Å². The van der Waals surface area contributed by atoms with Gasteiger partial charge in [0.1, 0.15) is 11.8 Å². The summed E-state index contributed by atoms with van der Waals surface area (Å²) in [6.45, 7) is 0. The van der Waals surface area contributed by atoms with Crippen LogP contribution in [0.5, 0.6) is 0 Å². The molecule has 0 aliphatic heterocycles. The molecule has 0 aliphatic rings. The van der Waals surface area contributed by atoms with E-state index in [0.29, 0.717) is 22.6 Å². The number of rotatable bonds is 7. The summed E-state index contributed by atoms with van der Waals surface area (Å²) in [5.74, 6) is -2.10. The molecule has 3 heterocycles. The van der Waals surface area contributed by atoms with Crippen molar-refractivity contribution in [2.45, 2.75) is 12.5 Å². The van der Waals surface area contributed by atoms with Crippen LogP contribution in [0.25, 0.3) is 11.3 Å². The molecule has 0 saturated carbocycles. The fraction of sp³-hybridized carbons (Fsp3) is 0.111. The zero-order chi connectivity index (χ0) is 18.5. The van der Waals surface area contributed by atoms with Crippen molar-refractivity contribution in [3.63, 3.8) is 0 Å². The third-order valence-corrected chi connectivity index (χ3v) is 3.78. The molecule has 3 aromatic rings. The zero-order valence-electron chi connectivity index (χ0n) is 13.6. The second-order valence-corrected chi connectivity index (χ2v) is 5.54. The Hall–Kier alpha value is -3.68. The second-order valence-electron chi connectivity index (χ2n) is 5.54. The third kappa shape index (κ3) is 3.69. The van der Waals surface area contributed by atoms with Crippen LogP contribution in [0.15, 0.2) is 59.6 Å². The minimum atomic E-state index is -1.13. The average molecular weight is 352 g/mol. The van der Waals surface area contributed by atoms with E-state index in [0.717, 1.165) is 0 Å². The maximum atomic E-state index is 12.7. The van der Waals surface area contributed by atoms with Gasteiger partial charge in [-0.05, 0) is 24.3 Å². The van der Waals surface area contributed by atoms with Crippen molar-refractivity contribution in [1.82, 2.24) is 15.3 Å². The van der Waals surface area contributed by atoms with Crippen molar-refractivity contribution in [2.24, 2.45) is 5.73 Å². The first-order chi connectivity index (χ1) is 12.6. The Morgan fingerprint density at radius 2 is 2.04 bits per heavy atom. The molecule has 1 unspecified atom stereocenters. The van der Waals surface area contributed by atoms with E-state index in [1.165, 1.54) is 12.5 Å². The number of H-pyrrole nitrogens is 1. The highest BCUT2D eigenvalue weighted by Gasteiger charge is 2.27. The fourth-order valence-electron chi connectivity index (χ4n) is 2.53. The zero-order valence-corrected chi connectivity index (χ0v) is 13.6. The van der Waals surface area contributed by atoms with Gasteiger partial charge in [0.2, 0.25) is 5.78 Å². The number of nitrogens with zero attached hydrogens (tertiary/aromatic N) is 1. The Balaban J connectivity index is 1.83. The lowest BCUT2D eigenvalue weighted by Crippen LogP contribution is -2.47. The van der Waals surface area contributed by atoms with Gasteiger partial charge in [0.15, 0.2) is 0 Å². The number of carbonyl (C=O) groups is 3. The van der Waals surface area contributed by atoms with Gasteiger partial charge in [-0.15, -0.1) is 0 Å². The number of ketones is 1. The van der Waals surface area contributed by atoms with Crippen LogP contribution >= 0.6 is 0 Å². The van der Waals surface area contributed by atoms with E-state index in [4.69, 9.17) is 10.2 Å². The maximum Gasteiger partial charge on any atom is 0.287 e. The van der Waals surface area contributed by atoms with Crippen molar-refractivity contribution < 1.29 is 18.8 Å². The molecule has 0 spiro atoms. The summed E-state index contributed by atoms with van der Waals surface area (Å²) < 4.78 is 5.19. The lowest BCUT2D eigenvalue weighted by atomic mass is 10.0. The number of nitrogens with two attached hydrogens (primary N) is 1. The molecule has 0 saturated heterocycles. The lowest BCUT2D eigenvalue weighted by molar-refractivity contribution is -0.137. The Morgan fingerprint density at radius 3 is 2.69 bits per heavy atom. The number of Topliss-reactive ketones (excluding diaryl/α,β-unsaturated/α-hetero) is 1. The standard InChI is InChI=1S/C18H16N4O4/c19-17(24)16(23)15(8-11-4-3-7-26-11)22-18(25)13-10-20-9-12(13)14-5-1-2-6-21-14/h1-7,9-10,15,20H,8H2,(H2,19,24)(H,22,25). The molecule has 0 bridgehead atoms. The second kappa shape index (κ2) is 7.47. The number of nitrogens with one attached hydrogen (secondary N) is 2. The van der Waals surface area contributed by atoms with Crippen molar-refractivity contribution in [2.75, 3.05) is 0 Å². The molecule has 0 radical (unpaired) electrons. The van der Waals surface area contributed by atoms with Crippen molar-refractivity contribution >= 4 is 17.6 Å². The number of hydrogen-bond acceptors (Lipinski definition) is 5. The Labute approximate surface area is 148 Å². The van der Waals surface area contributed by atoms with Crippen LogP contribution in [0.1, 0.15) is 16.1 Å². The lowest BCUT2D eigenvalue weighted by Gasteiger charge is -2.15. The van der Waals surface area contributed by atoms with Gasteiger partial charge in [-0.1, -0.05) is 6.07 Å². The average Bonchev–Trinajstić information content (AvgIpc) is 3.32. The minimum Gasteiger partial charge on any atom is -0.469 e. The summed E-state index contributed by atoms with van der Waals surface area (Å²) in [6, 6.07) is 7.48. The van der Waals surface area contributed by atoms with Crippen LogP contribution in [0.2, 0.25) is 0 Å². The number of furan rings is 1. The highest BCUT2D eigenvalue weighted by molar-refractivity contribution is 6.38. The number of pyridine rings is 1. The van der Waals surface area contributed by atoms with Gasteiger partial charge in [-0.25, -0.2) is 0 Å². The minimum absolute atomic E-state index is 0.0177. The van der Waals surface area contributed by atoms with Crippen molar-refractivity contribution in [3.8, 4) is 11.3 Å². The van der Waals surface area contributed by atoms with E-state index in [1.54, 1.807) is 42.7 Å². The number of aromatic nitrogens is 2. The quantitative estimate of drug-likeness (QED) is 0.547. The Bertz CT molecular complexity index is 916. The van der Waals surface area contributed by atoms with Crippen LogP contribution < -0.4 is 11.1 Å². The summed E-state index contributed by atoms with van der Waals surface area (Å²) in [5, 5.41) is 2.55. The predicted molar refractivity (Wildman–Crippen MR) is 91.9 cm³/mol. The first-order valence-electron chi connectivity index (χ1n) is 7.81. The summed E-state index contributed by atoms with van der Waals surface area (Å²) in [7, 11) is 0. The number of primary amides is 1. The van der Waals surface area contributed by atoms with Crippen LogP contribution in [0.4, 0.5) is 0 Å². The molecular formula is C18H16N4O4. The largest absolute Gasteiger partial charge is 0.469 e. The SMILES string of the molecule is NC(=O)C(=O)C(Cc1ccco1)NC(=O)c1c[nH]cc1-c1ccccn1. The normalized spacial score (nSPS) is 11.7. The highest BCUT2D eigenvalue weighted by Crippen LogP contribution is 2.21. The van der Waals surface area contributed by atoms with Gasteiger partial charge in [-0.2, -0.15) is 0 Å². The molecule has 26 heavy (non-hydrogen) atoms. The number of carbonyl (C=O) groups excluding carboxylic acids is 3. The molecule has 0 aliphatic carbocycles. The van der Waals surface area contributed by atoms with E-state index in [-0.39, 0.29) is 6.42 Å². The molecule has 8 heteroatoms. The van der Waals surface area contributed by atoms with Crippen molar-refractivity contribution in [1.29, 1.82) is 0 Å². The van der Waals surface area contributed by atoms with Crippen molar-refractivity contribution in [3.05, 3.63) is 66.5 Å². The van der Waals surface area contributed by atoms with Gasteiger partial charge in [-0.3, -0.25) is 19.4 Å². The summed E-state index contributed by atoms with van der Waals surface area (Å²) in [4.78, 5) is 43.1. The molecule has 2 amide bonds.